The number of hydrogen-bond acceptors (Lipinski definition) is 1. The van der Waals surface area contributed by atoms with Gasteiger partial charge in [0.05, 0.1) is 0 Å². The topological polar surface area (TPSA) is 3.24 Å². The minimum absolute atomic E-state index is 0.191. The second-order valence-corrected chi connectivity index (χ2v) is 17.3. The largest absolute Gasteiger partial charge is 0.310 e. The Morgan fingerprint density at radius 1 is 0.419 bits per heavy atom. The van der Waals surface area contributed by atoms with Crippen LogP contribution in [0, 0.1) is 0 Å². The summed E-state index contributed by atoms with van der Waals surface area (Å²) in [7, 11) is 0. The monoisotopic (exact) mass is 793 g/mol. The summed E-state index contributed by atoms with van der Waals surface area (Å²) in [5, 5.41) is 2.55. The first-order valence-corrected chi connectivity index (χ1v) is 21.9. The summed E-state index contributed by atoms with van der Waals surface area (Å²) in [6.45, 7) is 4.78. The second kappa shape index (κ2) is 15.5. The van der Waals surface area contributed by atoms with Gasteiger partial charge in [-0.05, 0) is 132 Å². The lowest BCUT2D eigenvalue weighted by molar-refractivity contribution is 0.660. The molecule has 0 fully saturated rings. The maximum atomic E-state index is 2.44. The van der Waals surface area contributed by atoms with Gasteiger partial charge in [-0.15, -0.1) is 0 Å². The minimum Gasteiger partial charge on any atom is -0.310 e. The van der Waals surface area contributed by atoms with Gasteiger partial charge in [-0.25, -0.2) is 0 Å². The van der Waals surface area contributed by atoms with Crippen LogP contribution in [0.25, 0.3) is 60.9 Å². The van der Waals surface area contributed by atoms with Gasteiger partial charge in [0.2, 0.25) is 0 Å². The molecule has 0 saturated heterocycles. The van der Waals surface area contributed by atoms with Crippen molar-refractivity contribution in [2.45, 2.75) is 31.6 Å². The number of anilines is 3. The maximum Gasteiger partial charge on any atom is 0.0465 e. The number of nitrogens with zero attached hydrogens (tertiary/aromatic N) is 1. The van der Waals surface area contributed by atoms with E-state index in [0.29, 0.717) is 5.92 Å². The van der Waals surface area contributed by atoms with Crippen molar-refractivity contribution < 1.29 is 0 Å². The van der Waals surface area contributed by atoms with Crippen molar-refractivity contribution in [3.8, 4) is 44.5 Å². The summed E-state index contributed by atoms with van der Waals surface area (Å²) in [5.41, 5.74) is 19.8. The first-order valence-electron chi connectivity index (χ1n) is 21.9. The molecule has 62 heavy (non-hydrogen) atoms. The Balaban J connectivity index is 0.946. The fourth-order valence-corrected chi connectivity index (χ4v) is 9.83. The van der Waals surface area contributed by atoms with E-state index < -0.39 is 0 Å². The molecule has 2 aliphatic carbocycles. The van der Waals surface area contributed by atoms with Gasteiger partial charge in [0, 0.05) is 28.4 Å². The molecule has 0 saturated carbocycles. The van der Waals surface area contributed by atoms with Crippen molar-refractivity contribution in [1.82, 2.24) is 0 Å². The quantitative estimate of drug-likeness (QED) is 0.148. The van der Waals surface area contributed by atoms with Crippen LogP contribution in [0.4, 0.5) is 17.1 Å². The summed E-state index contributed by atoms with van der Waals surface area (Å²) in [4.78, 5) is 2.42. The molecule has 11 rings (SSSR count). The van der Waals surface area contributed by atoms with Crippen LogP contribution in [0.3, 0.4) is 0 Å². The number of allylic oxidation sites excluding steroid dienone is 4. The number of fused-ring (bicyclic) bond motifs is 4. The molecule has 0 heterocycles. The summed E-state index contributed by atoms with van der Waals surface area (Å²) < 4.78 is 0. The van der Waals surface area contributed by atoms with E-state index in [1.807, 2.05) is 0 Å². The van der Waals surface area contributed by atoms with E-state index in [0.717, 1.165) is 23.5 Å². The van der Waals surface area contributed by atoms with Gasteiger partial charge in [-0.3, -0.25) is 0 Å². The maximum absolute atomic E-state index is 2.44. The number of benzene rings is 9. The van der Waals surface area contributed by atoms with Crippen molar-refractivity contribution >= 4 is 33.4 Å². The van der Waals surface area contributed by atoms with Crippen LogP contribution in [-0.4, -0.2) is 0 Å². The van der Waals surface area contributed by atoms with Crippen molar-refractivity contribution in [3.63, 3.8) is 0 Å². The third kappa shape index (κ3) is 6.77. The molecule has 0 N–H and O–H groups in total. The van der Waals surface area contributed by atoms with Gasteiger partial charge < -0.3 is 4.90 Å². The smallest absolute Gasteiger partial charge is 0.0465 e. The van der Waals surface area contributed by atoms with E-state index in [1.54, 1.807) is 0 Å². The van der Waals surface area contributed by atoms with Crippen LogP contribution < -0.4 is 4.90 Å². The fourth-order valence-electron chi connectivity index (χ4n) is 9.83. The van der Waals surface area contributed by atoms with E-state index >= 15 is 0 Å². The van der Waals surface area contributed by atoms with E-state index in [-0.39, 0.29) is 5.41 Å². The Morgan fingerprint density at radius 2 is 0.935 bits per heavy atom. The molecule has 0 aromatic heterocycles. The van der Waals surface area contributed by atoms with Crippen LogP contribution in [0.1, 0.15) is 48.4 Å². The van der Waals surface area contributed by atoms with Gasteiger partial charge in [-0.2, -0.15) is 0 Å². The fraction of sp³-hybridized carbons (Fsp3) is 0.0820. The lowest BCUT2D eigenvalue weighted by atomic mass is 9.81. The van der Waals surface area contributed by atoms with E-state index in [4.69, 9.17) is 0 Å². The lowest BCUT2D eigenvalue weighted by Gasteiger charge is -2.28. The highest BCUT2D eigenvalue weighted by atomic mass is 15.1. The molecule has 0 bridgehead atoms. The van der Waals surface area contributed by atoms with Crippen LogP contribution in [-0.2, 0) is 5.41 Å². The summed E-state index contributed by atoms with van der Waals surface area (Å²) in [6, 6.07) is 78.0. The molecule has 0 aliphatic heterocycles. The van der Waals surface area contributed by atoms with Crippen molar-refractivity contribution in [2.75, 3.05) is 4.90 Å². The zero-order valence-electron chi connectivity index (χ0n) is 35.2. The van der Waals surface area contributed by atoms with Gasteiger partial charge in [0.15, 0.2) is 0 Å². The highest BCUT2D eigenvalue weighted by Crippen LogP contribution is 2.52. The van der Waals surface area contributed by atoms with E-state index in [2.05, 4.69) is 249 Å². The van der Waals surface area contributed by atoms with Crippen LogP contribution in [0.15, 0.2) is 231 Å². The van der Waals surface area contributed by atoms with Gasteiger partial charge in [0.1, 0.15) is 0 Å². The van der Waals surface area contributed by atoms with E-state index in [1.165, 1.54) is 83.1 Å². The molecule has 0 spiro atoms. The summed E-state index contributed by atoms with van der Waals surface area (Å²) in [6.07, 6.45) is 8.05. The van der Waals surface area contributed by atoms with Crippen molar-refractivity contribution in [3.05, 3.63) is 253 Å². The molecule has 296 valence electrons. The van der Waals surface area contributed by atoms with Gasteiger partial charge in [0.25, 0.3) is 0 Å². The Hall–Kier alpha value is -7.48. The van der Waals surface area contributed by atoms with Crippen LogP contribution in [0.5, 0.6) is 0 Å². The highest BCUT2D eigenvalue weighted by Gasteiger charge is 2.36. The Morgan fingerprint density at radius 3 is 1.60 bits per heavy atom. The van der Waals surface area contributed by atoms with Crippen molar-refractivity contribution in [1.29, 1.82) is 0 Å². The van der Waals surface area contributed by atoms with E-state index in [9.17, 15) is 0 Å². The molecule has 1 unspecified atom stereocenters. The predicted molar refractivity (Wildman–Crippen MR) is 263 cm³/mol. The Bertz CT molecular complexity index is 3130. The zero-order valence-corrected chi connectivity index (χ0v) is 35.2. The van der Waals surface area contributed by atoms with Crippen LogP contribution >= 0.6 is 0 Å². The van der Waals surface area contributed by atoms with Gasteiger partial charge >= 0.3 is 0 Å². The Labute approximate surface area is 365 Å². The third-order valence-electron chi connectivity index (χ3n) is 13.3. The second-order valence-electron chi connectivity index (χ2n) is 17.3. The average Bonchev–Trinajstić information content (AvgIpc) is 3.57. The number of hydrogen-bond donors (Lipinski definition) is 0. The molecule has 0 radical (unpaired) electrons. The number of rotatable bonds is 8. The predicted octanol–water partition coefficient (Wildman–Crippen LogP) is 16.7. The summed E-state index contributed by atoms with van der Waals surface area (Å²) >= 11 is 0. The first-order chi connectivity index (χ1) is 30.5. The van der Waals surface area contributed by atoms with Crippen molar-refractivity contribution in [2.24, 2.45) is 0 Å². The third-order valence-corrected chi connectivity index (χ3v) is 13.3. The summed E-state index contributed by atoms with van der Waals surface area (Å²) in [5.74, 6) is 0.416. The average molecular weight is 794 g/mol. The molecule has 9 aromatic carbocycles. The normalized spacial score (nSPS) is 14.9. The zero-order chi connectivity index (χ0) is 41.6. The minimum atomic E-state index is -0.191. The lowest BCUT2D eigenvalue weighted by Crippen LogP contribution is -2.16. The molecular formula is C61H47N. The van der Waals surface area contributed by atoms with Crippen LogP contribution in [0.2, 0.25) is 0 Å². The molecular weight excluding hydrogens is 747 g/mol. The van der Waals surface area contributed by atoms with Gasteiger partial charge in [-0.1, -0.05) is 202 Å². The molecule has 1 atom stereocenters. The molecule has 0 amide bonds. The molecule has 2 aliphatic rings. The standard InChI is InChI=1S/C61H47N/c1-61(2)59-40-51(56-19-11-17-50-16-9-10-18-55(50)56)32-38-57(59)58-39-37-54(41-60(58)61)62(52-33-28-48(29-34-52)46-24-20-44(21-25-46)42-12-5-3-6-13-42)53-35-30-49(31-36-53)47-26-22-45(23-27-47)43-14-7-4-8-15-43/h3-22,24-41,45H,23H2,1-2H3. The highest BCUT2D eigenvalue weighted by molar-refractivity contribution is 5.98. The molecule has 1 heteroatoms. The Kier molecular flexibility index (Phi) is 9.39. The molecule has 1 nitrogen and oxygen atoms in total. The SMILES string of the molecule is CC1(C)c2cc(-c3cccc4ccccc34)ccc2-c2ccc(N(c3ccc(C4=CCC(c5ccccc5)C=C4)cc3)c3ccc(-c4ccc(-c5ccccc5)cc4)cc3)cc21. The first kappa shape index (κ1) is 37.5. The molecule has 9 aromatic rings.